The minimum atomic E-state index is 0.103. The highest BCUT2D eigenvalue weighted by atomic mass is 79.9. The van der Waals surface area contributed by atoms with Gasteiger partial charge in [0.2, 0.25) is 0 Å². The van der Waals surface area contributed by atoms with Crippen LogP contribution in [0.4, 0.5) is 0 Å². The minimum Gasteiger partial charge on any atom is -0.376 e. The maximum absolute atomic E-state index is 5.57. The molecule has 1 aromatic carbocycles. The third-order valence-corrected chi connectivity index (χ3v) is 2.53. The average Bonchev–Trinajstić information content (AvgIpc) is 2.19. The predicted octanol–water partition coefficient (Wildman–Crippen LogP) is 2.54. The number of hydrogen-bond donors (Lipinski definition) is 0. The Morgan fingerprint density at radius 2 is 2.23 bits per heavy atom. The summed E-state index contributed by atoms with van der Waals surface area (Å²) in [6.07, 6.45) is 0.103. The lowest BCUT2D eigenvalue weighted by atomic mass is 10.1. The number of ether oxygens (including phenoxy) is 2. The van der Waals surface area contributed by atoms with E-state index in [1.807, 2.05) is 12.1 Å². The van der Waals surface area contributed by atoms with Crippen molar-refractivity contribution in [2.24, 2.45) is 0 Å². The molecule has 1 aliphatic heterocycles. The van der Waals surface area contributed by atoms with Crippen LogP contribution in [-0.2, 0) is 9.47 Å². The average molecular weight is 243 g/mol. The lowest BCUT2D eigenvalue weighted by Gasteiger charge is -2.23. The van der Waals surface area contributed by atoms with Gasteiger partial charge in [-0.2, -0.15) is 0 Å². The fourth-order valence-electron chi connectivity index (χ4n) is 1.39. The van der Waals surface area contributed by atoms with Crippen molar-refractivity contribution in [2.45, 2.75) is 6.10 Å². The summed E-state index contributed by atoms with van der Waals surface area (Å²) in [4.78, 5) is 0. The Balaban J connectivity index is 2.14. The fourth-order valence-corrected chi connectivity index (χ4v) is 1.80. The zero-order valence-electron chi connectivity index (χ0n) is 7.20. The van der Waals surface area contributed by atoms with Crippen molar-refractivity contribution in [2.75, 3.05) is 19.8 Å². The summed E-state index contributed by atoms with van der Waals surface area (Å²) >= 11 is 3.43. The highest BCUT2D eigenvalue weighted by Crippen LogP contribution is 2.23. The zero-order valence-corrected chi connectivity index (χ0v) is 8.79. The highest BCUT2D eigenvalue weighted by molar-refractivity contribution is 9.10. The van der Waals surface area contributed by atoms with E-state index >= 15 is 0 Å². The molecule has 1 saturated heterocycles. The van der Waals surface area contributed by atoms with Gasteiger partial charge in [0, 0.05) is 4.47 Å². The van der Waals surface area contributed by atoms with Crippen molar-refractivity contribution in [3.8, 4) is 0 Å². The molecule has 0 spiro atoms. The summed E-state index contributed by atoms with van der Waals surface area (Å²) in [5, 5.41) is 0. The van der Waals surface area contributed by atoms with Gasteiger partial charge in [-0.3, -0.25) is 0 Å². The molecule has 0 saturated carbocycles. The molecule has 0 aromatic heterocycles. The van der Waals surface area contributed by atoms with Gasteiger partial charge in [-0.15, -0.1) is 0 Å². The molecule has 1 aliphatic rings. The molecule has 13 heavy (non-hydrogen) atoms. The minimum absolute atomic E-state index is 0.103. The van der Waals surface area contributed by atoms with E-state index in [0.29, 0.717) is 19.8 Å². The molecule has 0 amide bonds. The van der Waals surface area contributed by atoms with Crippen molar-refractivity contribution in [3.05, 3.63) is 34.3 Å². The summed E-state index contributed by atoms with van der Waals surface area (Å²) in [5.74, 6) is 0. The van der Waals surface area contributed by atoms with Crippen LogP contribution in [0.1, 0.15) is 11.7 Å². The quantitative estimate of drug-likeness (QED) is 0.754. The largest absolute Gasteiger partial charge is 0.376 e. The van der Waals surface area contributed by atoms with E-state index in [1.54, 1.807) is 0 Å². The van der Waals surface area contributed by atoms with Gasteiger partial charge in [-0.25, -0.2) is 0 Å². The Kier molecular flexibility index (Phi) is 2.98. The Morgan fingerprint density at radius 1 is 1.31 bits per heavy atom. The summed E-state index contributed by atoms with van der Waals surface area (Å²) < 4.78 is 12.0. The molecule has 70 valence electrons. The van der Waals surface area contributed by atoms with Gasteiger partial charge in [0.05, 0.1) is 19.8 Å². The molecule has 0 bridgehead atoms. The van der Waals surface area contributed by atoms with Crippen LogP contribution in [0, 0.1) is 0 Å². The predicted molar refractivity (Wildman–Crippen MR) is 53.7 cm³/mol. The lowest BCUT2D eigenvalue weighted by molar-refractivity contribution is -0.0901. The lowest BCUT2D eigenvalue weighted by Crippen LogP contribution is -2.21. The van der Waals surface area contributed by atoms with Crippen molar-refractivity contribution in [1.82, 2.24) is 0 Å². The van der Waals surface area contributed by atoms with E-state index in [2.05, 4.69) is 28.1 Å². The fraction of sp³-hybridized carbons (Fsp3) is 0.400. The number of benzene rings is 1. The smallest absolute Gasteiger partial charge is 0.106 e. The second-order valence-electron chi connectivity index (χ2n) is 2.99. The van der Waals surface area contributed by atoms with Gasteiger partial charge in [-0.05, 0) is 17.7 Å². The van der Waals surface area contributed by atoms with Crippen LogP contribution in [0.25, 0.3) is 0 Å². The topological polar surface area (TPSA) is 18.5 Å². The summed E-state index contributed by atoms with van der Waals surface area (Å²) in [7, 11) is 0. The third kappa shape index (κ3) is 2.30. The van der Waals surface area contributed by atoms with Gasteiger partial charge >= 0.3 is 0 Å². The van der Waals surface area contributed by atoms with E-state index in [4.69, 9.17) is 9.47 Å². The first-order valence-electron chi connectivity index (χ1n) is 4.31. The van der Waals surface area contributed by atoms with Crippen LogP contribution in [0.5, 0.6) is 0 Å². The summed E-state index contributed by atoms with van der Waals surface area (Å²) in [5.41, 5.74) is 1.18. The summed E-state index contributed by atoms with van der Waals surface area (Å²) in [6, 6.07) is 8.15. The van der Waals surface area contributed by atoms with Crippen LogP contribution in [0.15, 0.2) is 28.7 Å². The molecule has 2 rings (SSSR count). The van der Waals surface area contributed by atoms with E-state index in [0.717, 1.165) is 4.47 Å². The first-order chi connectivity index (χ1) is 6.36. The molecule has 1 heterocycles. The number of halogens is 1. The first-order valence-corrected chi connectivity index (χ1v) is 5.10. The Morgan fingerprint density at radius 3 is 2.92 bits per heavy atom. The van der Waals surface area contributed by atoms with Gasteiger partial charge in [0.25, 0.3) is 0 Å². The Bertz CT molecular complexity index is 282. The zero-order chi connectivity index (χ0) is 9.10. The highest BCUT2D eigenvalue weighted by Gasteiger charge is 2.16. The molecule has 0 N–H and O–H groups in total. The van der Waals surface area contributed by atoms with Crippen molar-refractivity contribution >= 4 is 15.9 Å². The second kappa shape index (κ2) is 4.22. The Hall–Kier alpha value is -0.380. The second-order valence-corrected chi connectivity index (χ2v) is 3.91. The normalized spacial score (nSPS) is 23.0. The maximum atomic E-state index is 5.57. The third-order valence-electron chi connectivity index (χ3n) is 2.04. The maximum Gasteiger partial charge on any atom is 0.106 e. The summed E-state index contributed by atoms with van der Waals surface area (Å²) in [6.45, 7) is 2.07. The van der Waals surface area contributed by atoms with E-state index in [1.165, 1.54) is 5.56 Å². The first kappa shape index (κ1) is 9.19. The van der Waals surface area contributed by atoms with Crippen LogP contribution < -0.4 is 0 Å². The monoisotopic (exact) mass is 242 g/mol. The van der Waals surface area contributed by atoms with Crippen molar-refractivity contribution in [1.29, 1.82) is 0 Å². The number of hydrogen-bond acceptors (Lipinski definition) is 2. The van der Waals surface area contributed by atoms with E-state index < -0.39 is 0 Å². The standard InChI is InChI=1S/C10H11BrO2/c11-9-3-1-2-8(6-9)10-7-12-4-5-13-10/h1-3,6,10H,4-5,7H2/t10-/m0/s1. The molecule has 0 aliphatic carbocycles. The van der Waals surface area contributed by atoms with Crippen LogP contribution in [-0.4, -0.2) is 19.8 Å². The molecule has 1 aromatic rings. The number of rotatable bonds is 1. The van der Waals surface area contributed by atoms with Crippen molar-refractivity contribution in [3.63, 3.8) is 0 Å². The van der Waals surface area contributed by atoms with E-state index in [-0.39, 0.29) is 6.10 Å². The molecule has 0 radical (unpaired) electrons. The molecule has 0 unspecified atom stereocenters. The van der Waals surface area contributed by atoms with Gasteiger partial charge in [0.1, 0.15) is 6.10 Å². The molecule has 1 fully saturated rings. The van der Waals surface area contributed by atoms with Crippen LogP contribution in [0.3, 0.4) is 0 Å². The SMILES string of the molecule is Brc1cccc([C@@H]2COCCO2)c1. The van der Waals surface area contributed by atoms with Gasteiger partial charge < -0.3 is 9.47 Å². The van der Waals surface area contributed by atoms with Gasteiger partial charge in [-0.1, -0.05) is 28.1 Å². The molecular formula is C10H11BrO2. The van der Waals surface area contributed by atoms with Crippen LogP contribution in [0.2, 0.25) is 0 Å². The molecule has 3 heteroatoms. The molecular weight excluding hydrogens is 232 g/mol. The van der Waals surface area contributed by atoms with Crippen molar-refractivity contribution < 1.29 is 9.47 Å². The molecule has 2 nitrogen and oxygen atoms in total. The van der Waals surface area contributed by atoms with E-state index in [9.17, 15) is 0 Å². The molecule has 1 atom stereocenters. The van der Waals surface area contributed by atoms with Crippen LogP contribution >= 0.6 is 15.9 Å². The van der Waals surface area contributed by atoms with Gasteiger partial charge in [0.15, 0.2) is 0 Å². The Labute approximate surface area is 86.0 Å².